The minimum absolute atomic E-state index is 0.0651. The van der Waals surface area contributed by atoms with E-state index in [0.717, 1.165) is 22.8 Å². The number of rotatable bonds is 5. The van der Waals surface area contributed by atoms with Gasteiger partial charge in [0.15, 0.2) is 0 Å². The molecule has 2 aromatic heterocycles. The number of thiophene rings is 1. The number of hydrogen-bond acceptors (Lipinski definition) is 6. The van der Waals surface area contributed by atoms with Crippen LogP contribution in [0.1, 0.15) is 5.56 Å². The molecule has 1 amide bonds. The number of carbonyl (C=O) groups excluding carboxylic acids is 1. The topological polar surface area (TPSA) is 107 Å². The highest BCUT2D eigenvalue weighted by Crippen LogP contribution is 2.33. The van der Waals surface area contributed by atoms with Crippen LogP contribution in [0.15, 0.2) is 65.0 Å². The zero-order valence-corrected chi connectivity index (χ0v) is 17.3. The number of carbonyl (C=O) groups is 1. The molecule has 0 saturated carbocycles. The highest BCUT2D eigenvalue weighted by molar-refractivity contribution is 7.17. The lowest BCUT2D eigenvalue weighted by molar-refractivity contribution is -0.384. The molecule has 1 N–H and O–H groups in total. The molecule has 0 aliphatic rings. The van der Waals surface area contributed by atoms with Crippen molar-refractivity contribution in [2.24, 2.45) is 0 Å². The van der Waals surface area contributed by atoms with Gasteiger partial charge in [-0.25, -0.2) is 4.98 Å². The van der Waals surface area contributed by atoms with E-state index in [0.29, 0.717) is 16.0 Å². The number of nitro groups is 1. The summed E-state index contributed by atoms with van der Waals surface area (Å²) in [5.41, 5.74) is -0.798. The molecule has 0 fully saturated rings. The number of nitro benzene ring substituents is 1. The number of benzene rings is 2. The van der Waals surface area contributed by atoms with Crippen LogP contribution in [-0.4, -0.2) is 20.4 Å². The van der Waals surface area contributed by atoms with Crippen LogP contribution in [0.2, 0.25) is 0 Å². The monoisotopic (exact) mass is 474 g/mol. The predicted molar refractivity (Wildman–Crippen MR) is 116 cm³/mol. The molecule has 0 atom stereocenters. The average molecular weight is 474 g/mol. The maximum absolute atomic E-state index is 13.0. The first-order chi connectivity index (χ1) is 15.6. The summed E-state index contributed by atoms with van der Waals surface area (Å²) in [5.74, 6) is -0.718. The molecular formula is C21H13F3N4O4S. The fraction of sp³-hybridized carbons (Fsp3) is 0.0952. The number of alkyl halides is 3. The minimum Gasteiger partial charge on any atom is -0.325 e. The van der Waals surface area contributed by atoms with E-state index in [1.165, 1.54) is 41.9 Å². The lowest BCUT2D eigenvalue weighted by Gasteiger charge is -2.10. The molecule has 0 unspecified atom stereocenters. The first kappa shape index (κ1) is 22.1. The second kappa shape index (κ2) is 8.47. The van der Waals surface area contributed by atoms with Crippen molar-refractivity contribution >= 4 is 38.8 Å². The maximum atomic E-state index is 13.0. The van der Waals surface area contributed by atoms with Gasteiger partial charge in [-0.3, -0.25) is 24.3 Å². The number of nitrogens with one attached hydrogen (secondary N) is 1. The van der Waals surface area contributed by atoms with Crippen LogP contribution in [-0.2, 0) is 17.5 Å². The number of nitrogens with zero attached hydrogens (tertiary/aromatic N) is 3. The van der Waals surface area contributed by atoms with E-state index in [4.69, 9.17) is 0 Å². The molecule has 0 aliphatic carbocycles. The molecule has 0 spiro atoms. The molecule has 0 saturated heterocycles. The van der Waals surface area contributed by atoms with Gasteiger partial charge in [-0.05, 0) is 23.8 Å². The van der Waals surface area contributed by atoms with Crippen LogP contribution in [0.3, 0.4) is 0 Å². The Labute approximate surface area is 187 Å². The summed E-state index contributed by atoms with van der Waals surface area (Å²) in [6, 6.07) is 9.91. The van der Waals surface area contributed by atoms with Gasteiger partial charge in [-0.2, -0.15) is 13.2 Å². The number of amides is 1. The Bertz CT molecular complexity index is 1450. The molecule has 2 heterocycles. The Kier molecular flexibility index (Phi) is 5.68. The first-order valence-electron chi connectivity index (χ1n) is 9.32. The summed E-state index contributed by atoms with van der Waals surface area (Å²) in [5, 5.41) is 15.3. The van der Waals surface area contributed by atoms with Crippen molar-refractivity contribution in [1.29, 1.82) is 0 Å². The fourth-order valence-electron chi connectivity index (χ4n) is 3.21. The summed E-state index contributed by atoms with van der Waals surface area (Å²) < 4.78 is 39.6. The molecule has 33 heavy (non-hydrogen) atoms. The van der Waals surface area contributed by atoms with Crippen LogP contribution < -0.4 is 10.9 Å². The molecule has 8 nitrogen and oxygen atoms in total. The smallest absolute Gasteiger partial charge is 0.325 e. The predicted octanol–water partition coefficient (Wildman–Crippen LogP) is 4.69. The van der Waals surface area contributed by atoms with Crippen molar-refractivity contribution < 1.29 is 22.9 Å². The molecule has 2 aromatic carbocycles. The highest BCUT2D eigenvalue weighted by Gasteiger charge is 2.30. The molecule has 12 heteroatoms. The number of hydrogen-bond donors (Lipinski definition) is 1. The lowest BCUT2D eigenvalue weighted by atomic mass is 10.1. The van der Waals surface area contributed by atoms with E-state index < -0.39 is 34.7 Å². The number of non-ortho nitro benzene ring substituents is 1. The molecular weight excluding hydrogens is 461 g/mol. The van der Waals surface area contributed by atoms with Gasteiger partial charge < -0.3 is 5.32 Å². The third kappa shape index (κ3) is 4.60. The van der Waals surface area contributed by atoms with Gasteiger partial charge in [0.05, 0.1) is 22.2 Å². The van der Waals surface area contributed by atoms with Gasteiger partial charge in [-0.15, -0.1) is 11.3 Å². The van der Waals surface area contributed by atoms with Gasteiger partial charge in [0, 0.05) is 28.8 Å². The third-order valence-electron chi connectivity index (χ3n) is 4.72. The highest BCUT2D eigenvalue weighted by atomic mass is 32.1. The number of halogens is 3. The quantitative estimate of drug-likeness (QED) is 0.334. The van der Waals surface area contributed by atoms with Crippen LogP contribution in [0, 0.1) is 10.1 Å². The summed E-state index contributed by atoms with van der Waals surface area (Å²) in [7, 11) is 0. The van der Waals surface area contributed by atoms with Crippen molar-refractivity contribution in [2.75, 3.05) is 5.32 Å². The maximum Gasteiger partial charge on any atom is 0.416 e. The van der Waals surface area contributed by atoms with Crippen LogP contribution in [0.5, 0.6) is 0 Å². The Morgan fingerprint density at radius 2 is 1.94 bits per heavy atom. The Morgan fingerprint density at radius 3 is 2.67 bits per heavy atom. The van der Waals surface area contributed by atoms with Gasteiger partial charge in [-0.1, -0.05) is 18.2 Å². The molecule has 0 bridgehead atoms. The average Bonchev–Trinajstić information content (AvgIpc) is 3.20. The lowest BCUT2D eigenvalue weighted by Crippen LogP contribution is -2.27. The Hall–Kier alpha value is -4.06. The summed E-state index contributed by atoms with van der Waals surface area (Å²) >= 11 is 1.17. The molecule has 0 radical (unpaired) electrons. The Morgan fingerprint density at radius 1 is 1.18 bits per heavy atom. The second-order valence-corrected chi connectivity index (χ2v) is 7.80. The zero-order valence-electron chi connectivity index (χ0n) is 16.5. The molecule has 0 aliphatic heterocycles. The SMILES string of the molecule is O=C(Cn1cnc2scc(-c3cccc([N+](=O)[O-])c3)c2c1=O)Nc1cccc(C(F)(F)F)c1. The summed E-state index contributed by atoms with van der Waals surface area (Å²) in [6.07, 6.45) is -3.39. The van der Waals surface area contributed by atoms with Crippen molar-refractivity contribution in [1.82, 2.24) is 9.55 Å². The van der Waals surface area contributed by atoms with E-state index in [9.17, 15) is 32.9 Å². The fourth-order valence-corrected chi connectivity index (χ4v) is 4.11. The number of aromatic nitrogens is 2. The number of fused-ring (bicyclic) bond motifs is 1. The van der Waals surface area contributed by atoms with Gasteiger partial charge in [0.25, 0.3) is 11.2 Å². The molecule has 168 valence electrons. The van der Waals surface area contributed by atoms with Crippen molar-refractivity contribution in [2.45, 2.75) is 12.7 Å². The van der Waals surface area contributed by atoms with Gasteiger partial charge in [0.1, 0.15) is 11.4 Å². The first-order valence-corrected chi connectivity index (χ1v) is 10.2. The summed E-state index contributed by atoms with van der Waals surface area (Å²) in [4.78, 5) is 40.5. The van der Waals surface area contributed by atoms with Gasteiger partial charge in [0.2, 0.25) is 5.91 Å². The zero-order chi connectivity index (χ0) is 23.8. The largest absolute Gasteiger partial charge is 0.416 e. The molecule has 4 aromatic rings. The van der Waals surface area contributed by atoms with Crippen LogP contribution >= 0.6 is 11.3 Å². The van der Waals surface area contributed by atoms with Crippen molar-refractivity contribution in [3.8, 4) is 11.1 Å². The summed E-state index contributed by atoms with van der Waals surface area (Å²) in [6.45, 7) is -0.484. The van der Waals surface area contributed by atoms with E-state index in [1.54, 1.807) is 11.4 Å². The molecule has 4 rings (SSSR count). The minimum atomic E-state index is -4.56. The van der Waals surface area contributed by atoms with E-state index in [-0.39, 0.29) is 16.8 Å². The number of anilines is 1. The van der Waals surface area contributed by atoms with E-state index in [1.807, 2.05) is 0 Å². The standard InChI is InChI=1S/C21H13F3N4O4S/c22-21(23,24)13-4-2-5-14(8-13)26-17(29)9-27-11-25-19-18(20(27)30)16(10-33-19)12-3-1-6-15(7-12)28(31)32/h1-8,10-11H,9H2,(H,26,29). The van der Waals surface area contributed by atoms with Gasteiger partial charge >= 0.3 is 6.18 Å². The third-order valence-corrected chi connectivity index (χ3v) is 5.60. The van der Waals surface area contributed by atoms with E-state index >= 15 is 0 Å². The van der Waals surface area contributed by atoms with Crippen molar-refractivity contribution in [3.05, 3.63) is 86.3 Å². The second-order valence-electron chi connectivity index (χ2n) is 6.94. The van der Waals surface area contributed by atoms with Crippen LogP contribution in [0.4, 0.5) is 24.5 Å². The normalized spacial score (nSPS) is 11.5. The van der Waals surface area contributed by atoms with E-state index in [2.05, 4.69) is 10.3 Å². The van der Waals surface area contributed by atoms with Crippen LogP contribution in [0.25, 0.3) is 21.3 Å². The Balaban J connectivity index is 1.63. The van der Waals surface area contributed by atoms with Crippen molar-refractivity contribution in [3.63, 3.8) is 0 Å².